The molecule has 2 N–H and O–H groups in total. The maximum absolute atomic E-state index is 13.0. The van der Waals surface area contributed by atoms with Crippen LogP contribution in [0, 0.1) is 0 Å². The molecule has 0 aromatic rings. The molecule has 0 saturated heterocycles. The second-order valence-electron chi connectivity index (χ2n) is 5.42. The summed E-state index contributed by atoms with van der Waals surface area (Å²) in [6, 6.07) is -0.818. The van der Waals surface area contributed by atoms with Crippen LogP contribution in [0.3, 0.4) is 0 Å². The van der Waals surface area contributed by atoms with Gasteiger partial charge in [-0.25, -0.2) is 0 Å². The van der Waals surface area contributed by atoms with Crippen molar-refractivity contribution in [1.29, 1.82) is 0 Å². The zero-order valence-electron chi connectivity index (χ0n) is 13.1. The minimum atomic E-state index is -3.03. The van der Waals surface area contributed by atoms with Crippen LogP contribution in [0.5, 0.6) is 0 Å². The van der Waals surface area contributed by atoms with Gasteiger partial charge in [0.05, 0.1) is 18.3 Å². The van der Waals surface area contributed by atoms with Gasteiger partial charge in [0.1, 0.15) is 0 Å². The van der Waals surface area contributed by atoms with E-state index in [1.165, 1.54) is 0 Å². The van der Waals surface area contributed by atoms with Crippen LogP contribution >= 0.6 is 7.37 Å². The molecule has 0 aliphatic carbocycles. The number of hydrogen-bond acceptors (Lipinski definition) is 5. The monoisotopic (exact) mass is 295 g/mol. The molecule has 0 amide bonds. The maximum atomic E-state index is 13.0. The molecule has 0 aromatic heterocycles. The number of rotatable bonds is 10. The van der Waals surface area contributed by atoms with Gasteiger partial charge in [-0.1, -0.05) is 0 Å². The largest absolute Gasteiger partial charge is 0.342 e. The Kier molecular flexibility index (Phi) is 9.12. The van der Waals surface area contributed by atoms with Crippen LogP contribution in [0.2, 0.25) is 0 Å². The van der Waals surface area contributed by atoms with Gasteiger partial charge in [0.2, 0.25) is 6.03 Å². The minimum absolute atomic E-state index is 0.0780. The fourth-order valence-electron chi connectivity index (χ4n) is 1.56. The molecule has 19 heavy (non-hydrogen) atoms. The van der Waals surface area contributed by atoms with Gasteiger partial charge in [0, 0.05) is 6.16 Å². The van der Waals surface area contributed by atoms with Crippen molar-refractivity contribution in [2.45, 2.75) is 72.3 Å². The van der Waals surface area contributed by atoms with Gasteiger partial charge in [-0.15, -0.1) is 0 Å². The van der Waals surface area contributed by atoms with Crippen LogP contribution in [-0.4, -0.2) is 37.0 Å². The third-order valence-electron chi connectivity index (χ3n) is 2.16. The molecule has 0 bridgehead atoms. The van der Waals surface area contributed by atoms with Crippen LogP contribution in [0.15, 0.2) is 0 Å². The molecule has 0 heterocycles. The summed E-state index contributed by atoms with van der Waals surface area (Å²) in [5.41, 5.74) is 5.51. The predicted octanol–water partition coefficient (Wildman–Crippen LogP) is 3.17. The quantitative estimate of drug-likeness (QED) is 0.495. The lowest BCUT2D eigenvalue weighted by molar-refractivity contribution is -0.139. The molecular formula is C13H30NO4P. The Morgan fingerprint density at radius 1 is 0.947 bits per heavy atom. The van der Waals surface area contributed by atoms with Crippen LogP contribution in [0.25, 0.3) is 0 Å². The van der Waals surface area contributed by atoms with Crippen molar-refractivity contribution in [3.05, 3.63) is 0 Å². The highest BCUT2D eigenvalue weighted by atomic mass is 31.2. The normalized spacial score (nSPS) is 15.7. The lowest BCUT2D eigenvalue weighted by Crippen LogP contribution is -2.28. The van der Waals surface area contributed by atoms with Gasteiger partial charge in [-0.3, -0.25) is 4.57 Å². The van der Waals surface area contributed by atoms with Crippen molar-refractivity contribution < 1.29 is 18.6 Å². The van der Waals surface area contributed by atoms with E-state index in [-0.39, 0.29) is 18.3 Å². The lowest BCUT2D eigenvalue weighted by Gasteiger charge is -2.31. The Hall–Kier alpha value is 0.0700. The number of nitrogens with two attached hydrogens (primary N) is 1. The average Bonchev–Trinajstić information content (AvgIpc) is 2.23. The van der Waals surface area contributed by atoms with Crippen LogP contribution < -0.4 is 5.73 Å². The van der Waals surface area contributed by atoms with E-state index >= 15 is 0 Å². The van der Waals surface area contributed by atoms with Crippen molar-refractivity contribution in [3.8, 4) is 0 Å². The molecule has 116 valence electrons. The van der Waals surface area contributed by atoms with Crippen molar-refractivity contribution in [1.82, 2.24) is 0 Å². The van der Waals surface area contributed by atoms with Gasteiger partial charge >= 0.3 is 0 Å². The molecule has 0 aromatic carbocycles. The summed E-state index contributed by atoms with van der Waals surface area (Å²) in [5, 5.41) is 0. The molecule has 0 fully saturated rings. The summed E-state index contributed by atoms with van der Waals surface area (Å²) in [6.45, 7) is 11.7. The summed E-state index contributed by atoms with van der Waals surface area (Å²) in [4.78, 5) is 0. The first-order valence-corrected chi connectivity index (χ1v) is 8.87. The second kappa shape index (κ2) is 9.09. The topological polar surface area (TPSA) is 70.8 Å². The molecule has 0 rings (SSSR count). The van der Waals surface area contributed by atoms with E-state index in [2.05, 4.69) is 0 Å². The highest BCUT2D eigenvalue weighted by Crippen LogP contribution is 2.54. The van der Waals surface area contributed by atoms with Crippen molar-refractivity contribution in [3.63, 3.8) is 0 Å². The number of hydrogen-bond donors (Lipinski definition) is 1. The standard InChI is InChI=1S/C13H30NO4P/c1-10(2)16-13(17-11(3)4)19(15,9-7-8-14)18-12(5)6/h10-13H,7-9,14H2,1-6H3. The van der Waals surface area contributed by atoms with Gasteiger partial charge in [0.15, 0.2) is 0 Å². The summed E-state index contributed by atoms with van der Waals surface area (Å²) >= 11 is 0. The molecule has 0 aliphatic heterocycles. The van der Waals surface area contributed by atoms with E-state index in [0.717, 1.165) is 0 Å². The van der Waals surface area contributed by atoms with Gasteiger partial charge in [0.25, 0.3) is 7.37 Å². The van der Waals surface area contributed by atoms with Gasteiger partial charge in [-0.2, -0.15) is 0 Å². The molecular weight excluding hydrogens is 265 g/mol. The fourth-order valence-corrected chi connectivity index (χ4v) is 4.17. The maximum Gasteiger partial charge on any atom is 0.257 e. The first kappa shape index (κ1) is 19.1. The Bertz CT molecular complexity index is 272. The zero-order valence-corrected chi connectivity index (χ0v) is 14.0. The Morgan fingerprint density at radius 2 is 1.42 bits per heavy atom. The smallest absolute Gasteiger partial charge is 0.257 e. The predicted molar refractivity (Wildman–Crippen MR) is 78.6 cm³/mol. The van der Waals surface area contributed by atoms with E-state index in [1.54, 1.807) is 0 Å². The van der Waals surface area contributed by atoms with Crippen LogP contribution in [-0.2, 0) is 18.6 Å². The number of ether oxygens (including phenoxy) is 2. The third-order valence-corrected chi connectivity index (χ3v) is 4.77. The Balaban J connectivity index is 5.03. The van der Waals surface area contributed by atoms with E-state index < -0.39 is 13.4 Å². The Labute approximate surface area is 117 Å². The molecule has 0 spiro atoms. The molecule has 1 atom stereocenters. The summed E-state index contributed by atoms with van der Waals surface area (Å²) < 4.78 is 30.0. The lowest BCUT2D eigenvalue weighted by atomic mass is 10.5. The molecule has 0 saturated carbocycles. The summed E-state index contributed by atoms with van der Waals surface area (Å²) in [6.07, 6.45) is 0.712. The van der Waals surface area contributed by atoms with Crippen LogP contribution in [0.1, 0.15) is 48.0 Å². The van der Waals surface area contributed by atoms with Gasteiger partial charge < -0.3 is 19.7 Å². The second-order valence-corrected chi connectivity index (χ2v) is 7.95. The first-order chi connectivity index (χ1) is 8.71. The van der Waals surface area contributed by atoms with Crippen molar-refractivity contribution in [2.75, 3.05) is 12.7 Å². The molecule has 6 heteroatoms. The van der Waals surface area contributed by atoms with E-state index in [0.29, 0.717) is 19.1 Å². The summed E-state index contributed by atoms with van der Waals surface area (Å²) in [5.74, 6) is 0. The van der Waals surface area contributed by atoms with Crippen LogP contribution in [0.4, 0.5) is 0 Å². The highest BCUT2D eigenvalue weighted by Gasteiger charge is 2.38. The van der Waals surface area contributed by atoms with Crippen molar-refractivity contribution in [2.24, 2.45) is 5.73 Å². The minimum Gasteiger partial charge on any atom is -0.342 e. The average molecular weight is 295 g/mol. The van der Waals surface area contributed by atoms with E-state index in [1.807, 2.05) is 41.5 Å². The SMILES string of the molecule is CC(C)OC(OC(C)C)P(=O)(CCCN)OC(C)C. The molecule has 0 aliphatic rings. The third kappa shape index (κ3) is 8.05. The van der Waals surface area contributed by atoms with E-state index in [4.69, 9.17) is 19.7 Å². The highest BCUT2D eigenvalue weighted by molar-refractivity contribution is 7.59. The van der Waals surface area contributed by atoms with E-state index in [9.17, 15) is 4.57 Å². The first-order valence-electron chi connectivity index (χ1n) is 6.99. The molecule has 1 unspecified atom stereocenters. The summed E-state index contributed by atoms with van der Waals surface area (Å²) in [7, 11) is -3.03. The zero-order chi connectivity index (χ0) is 15.1. The molecule has 0 radical (unpaired) electrons. The molecule has 5 nitrogen and oxygen atoms in total. The fraction of sp³-hybridized carbons (Fsp3) is 1.00. The van der Waals surface area contributed by atoms with Gasteiger partial charge in [-0.05, 0) is 54.5 Å². The van der Waals surface area contributed by atoms with Crippen molar-refractivity contribution >= 4 is 7.37 Å². The Morgan fingerprint density at radius 3 is 1.74 bits per heavy atom.